The molecule has 1 atom stereocenters. The van der Waals surface area contributed by atoms with Crippen LogP contribution in [0.4, 0.5) is 0 Å². The van der Waals surface area contributed by atoms with Gasteiger partial charge in [0.25, 0.3) is 5.91 Å². The molecule has 0 aromatic carbocycles. The molecule has 1 aliphatic heterocycles. The molecule has 0 aliphatic carbocycles. The van der Waals surface area contributed by atoms with Gasteiger partial charge >= 0.3 is 0 Å². The first-order valence-electron chi connectivity index (χ1n) is 7.31. The summed E-state index contributed by atoms with van der Waals surface area (Å²) in [4.78, 5) is 23.0. The minimum atomic E-state index is 0.0647. The van der Waals surface area contributed by atoms with E-state index in [2.05, 4.69) is 19.6 Å². The monoisotopic (exact) mass is 305 g/mol. The van der Waals surface area contributed by atoms with Crippen LogP contribution in [0.1, 0.15) is 52.6 Å². The molecule has 7 heteroatoms. The molecule has 0 radical (unpaired) electrons. The van der Waals surface area contributed by atoms with Gasteiger partial charge in [-0.1, -0.05) is 11.4 Å². The third-order valence-electron chi connectivity index (χ3n) is 3.90. The minimum Gasteiger partial charge on any atom is -0.346 e. The molecular formula is C14H19N5OS. The van der Waals surface area contributed by atoms with E-state index in [1.807, 2.05) is 24.9 Å². The third-order valence-corrected chi connectivity index (χ3v) is 4.66. The van der Waals surface area contributed by atoms with Gasteiger partial charge in [-0.05, 0) is 37.7 Å². The SMILES string of the molecule is CCc1nnsc1C(=O)N1CCC[C@H](c2ncc(C)[nH]2)C1. The average Bonchev–Trinajstić information content (AvgIpc) is 3.15. The molecule has 3 rings (SSSR count). The summed E-state index contributed by atoms with van der Waals surface area (Å²) in [5, 5.41) is 4.03. The smallest absolute Gasteiger partial charge is 0.267 e. The summed E-state index contributed by atoms with van der Waals surface area (Å²) in [6, 6.07) is 0. The number of nitrogens with one attached hydrogen (secondary N) is 1. The van der Waals surface area contributed by atoms with Crippen molar-refractivity contribution in [2.24, 2.45) is 0 Å². The lowest BCUT2D eigenvalue weighted by atomic mass is 9.97. The molecule has 0 unspecified atom stereocenters. The van der Waals surface area contributed by atoms with E-state index in [4.69, 9.17) is 0 Å². The Labute approximate surface area is 127 Å². The van der Waals surface area contributed by atoms with Crippen molar-refractivity contribution in [2.45, 2.75) is 39.0 Å². The highest BCUT2D eigenvalue weighted by Crippen LogP contribution is 2.26. The van der Waals surface area contributed by atoms with E-state index < -0.39 is 0 Å². The minimum absolute atomic E-state index is 0.0647. The lowest BCUT2D eigenvalue weighted by Gasteiger charge is -2.31. The summed E-state index contributed by atoms with van der Waals surface area (Å²) in [5.41, 5.74) is 1.87. The lowest BCUT2D eigenvalue weighted by Crippen LogP contribution is -2.39. The topological polar surface area (TPSA) is 74.8 Å². The molecule has 0 saturated carbocycles. The van der Waals surface area contributed by atoms with Gasteiger partial charge in [-0.15, -0.1) is 5.10 Å². The van der Waals surface area contributed by atoms with Gasteiger partial charge < -0.3 is 9.88 Å². The lowest BCUT2D eigenvalue weighted by molar-refractivity contribution is 0.0708. The molecule has 1 fully saturated rings. The van der Waals surface area contributed by atoms with Crippen molar-refractivity contribution in [2.75, 3.05) is 13.1 Å². The molecule has 1 N–H and O–H groups in total. The molecule has 3 heterocycles. The number of aryl methyl sites for hydroxylation is 2. The zero-order valence-electron chi connectivity index (χ0n) is 12.3. The predicted molar refractivity (Wildman–Crippen MR) is 80.5 cm³/mol. The fourth-order valence-corrected chi connectivity index (χ4v) is 3.49. The zero-order chi connectivity index (χ0) is 14.8. The molecule has 2 aromatic heterocycles. The van der Waals surface area contributed by atoms with Crippen molar-refractivity contribution in [3.8, 4) is 0 Å². The highest BCUT2D eigenvalue weighted by atomic mass is 32.1. The van der Waals surface area contributed by atoms with E-state index in [0.29, 0.717) is 17.3 Å². The first-order valence-corrected chi connectivity index (χ1v) is 8.08. The maximum Gasteiger partial charge on any atom is 0.267 e. The summed E-state index contributed by atoms with van der Waals surface area (Å²) >= 11 is 1.20. The first kappa shape index (κ1) is 14.2. The van der Waals surface area contributed by atoms with E-state index in [1.54, 1.807) is 0 Å². The first-order chi connectivity index (χ1) is 10.2. The van der Waals surface area contributed by atoms with Crippen LogP contribution in [0.3, 0.4) is 0 Å². The summed E-state index contributed by atoms with van der Waals surface area (Å²) in [5.74, 6) is 1.35. The number of carbonyl (C=O) groups is 1. The second-order valence-corrected chi connectivity index (χ2v) is 6.20. The van der Waals surface area contributed by atoms with E-state index in [0.717, 1.165) is 43.0 Å². The highest BCUT2D eigenvalue weighted by Gasteiger charge is 2.29. The maximum absolute atomic E-state index is 12.6. The number of rotatable bonds is 3. The van der Waals surface area contributed by atoms with Gasteiger partial charge in [0.15, 0.2) is 0 Å². The highest BCUT2D eigenvalue weighted by molar-refractivity contribution is 7.08. The van der Waals surface area contributed by atoms with E-state index in [1.165, 1.54) is 11.5 Å². The van der Waals surface area contributed by atoms with Gasteiger partial charge in [-0.2, -0.15) is 0 Å². The van der Waals surface area contributed by atoms with Crippen molar-refractivity contribution in [1.29, 1.82) is 0 Å². The molecule has 0 spiro atoms. The van der Waals surface area contributed by atoms with Crippen molar-refractivity contribution in [3.05, 3.63) is 28.3 Å². The molecule has 1 amide bonds. The Balaban J connectivity index is 1.75. The van der Waals surface area contributed by atoms with Crippen molar-refractivity contribution in [3.63, 3.8) is 0 Å². The molecule has 1 aliphatic rings. The number of carbonyl (C=O) groups excluding carboxylic acids is 1. The zero-order valence-corrected chi connectivity index (χ0v) is 13.1. The van der Waals surface area contributed by atoms with Gasteiger partial charge in [-0.25, -0.2) is 4.98 Å². The Morgan fingerprint density at radius 2 is 2.43 bits per heavy atom. The summed E-state index contributed by atoms with van der Waals surface area (Å²) in [6.07, 6.45) is 4.66. The standard InChI is InChI=1S/C14H19N5OS/c1-3-11-12(21-18-17-11)14(20)19-6-4-5-10(8-19)13-15-7-9(2)16-13/h7,10H,3-6,8H2,1-2H3,(H,15,16)/t10-/m0/s1. The number of imidazole rings is 1. The number of likely N-dealkylation sites (tertiary alicyclic amines) is 1. The van der Waals surface area contributed by atoms with Crippen LogP contribution in [-0.4, -0.2) is 43.5 Å². The normalized spacial score (nSPS) is 19.0. The van der Waals surface area contributed by atoms with Crippen molar-refractivity contribution < 1.29 is 4.79 Å². The second kappa shape index (κ2) is 5.93. The largest absolute Gasteiger partial charge is 0.346 e. The quantitative estimate of drug-likeness (QED) is 0.943. The van der Waals surface area contributed by atoms with E-state index in [9.17, 15) is 4.79 Å². The van der Waals surface area contributed by atoms with Gasteiger partial charge in [0.05, 0.1) is 5.69 Å². The Morgan fingerprint density at radius 1 is 1.57 bits per heavy atom. The number of hydrogen-bond acceptors (Lipinski definition) is 5. The Morgan fingerprint density at radius 3 is 3.14 bits per heavy atom. The second-order valence-electron chi connectivity index (χ2n) is 5.44. The number of hydrogen-bond donors (Lipinski definition) is 1. The number of amides is 1. The Hall–Kier alpha value is -1.76. The van der Waals surface area contributed by atoms with Crippen LogP contribution in [0.15, 0.2) is 6.20 Å². The van der Waals surface area contributed by atoms with Gasteiger partial charge in [-0.3, -0.25) is 4.79 Å². The molecule has 112 valence electrons. The van der Waals surface area contributed by atoms with Crippen LogP contribution in [-0.2, 0) is 6.42 Å². The van der Waals surface area contributed by atoms with Gasteiger partial charge in [0, 0.05) is 30.9 Å². The van der Waals surface area contributed by atoms with Crippen molar-refractivity contribution >= 4 is 17.4 Å². The number of piperidine rings is 1. The molecule has 2 aromatic rings. The Kier molecular flexibility index (Phi) is 4.01. The van der Waals surface area contributed by atoms with E-state index in [-0.39, 0.29) is 5.91 Å². The maximum atomic E-state index is 12.6. The van der Waals surface area contributed by atoms with Crippen LogP contribution in [0.25, 0.3) is 0 Å². The van der Waals surface area contributed by atoms with Gasteiger partial charge in [0.1, 0.15) is 10.7 Å². The fraction of sp³-hybridized carbons (Fsp3) is 0.571. The van der Waals surface area contributed by atoms with Crippen LogP contribution in [0.5, 0.6) is 0 Å². The van der Waals surface area contributed by atoms with E-state index >= 15 is 0 Å². The average molecular weight is 305 g/mol. The van der Waals surface area contributed by atoms with Crippen molar-refractivity contribution in [1.82, 2.24) is 24.5 Å². The Bertz CT molecular complexity index is 635. The van der Waals surface area contributed by atoms with Crippen LogP contribution in [0.2, 0.25) is 0 Å². The molecule has 0 bridgehead atoms. The molecule has 6 nitrogen and oxygen atoms in total. The third kappa shape index (κ3) is 2.83. The number of H-pyrrole nitrogens is 1. The van der Waals surface area contributed by atoms with Gasteiger partial charge in [0.2, 0.25) is 0 Å². The summed E-state index contributed by atoms with van der Waals surface area (Å²) in [6.45, 7) is 5.51. The predicted octanol–water partition coefficient (Wildman–Crippen LogP) is 2.15. The summed E-state index contributed by atoms with van der Waals surface area (Å²) in [7, 11) is 0. The number of aromatic nitrogens is 4. The number of nitrogens with zero attached hydrogens (tertiary/aromatic N) is 4. The molecule has 1 saturated heterocycles. The van der Waals surface area contributed by atoms with Crippen LogP contribution in [0, 0.1) is 6.92 Å². The number of aromatic amines is 1. The summed E-state index contributed by atoms with van der Waals surface area (Å²) < 4.78 is 3.92. The molecule has 21 heavy (non-hydrogen) atoms. The van der Waals surface area contributed by atoms with Crippen LogP contribution >= 0.6 is 11.5 Å². The fourth-order valence-electron chi connectivity index (χ4n) is 2.77. The molecular weight excluding hydrogens is 286 g/mol. The van der Waals surface area contributed by atoms with Crippen LogP contribution < -0.4 is 0 Å².